The van der Waals surface area contributed by atoms with E-state index >= 15 is 0 Å². The molecule has 2 aromatic rings. The zero-order valence-corrected chi connectivity index (χ0v) is 10.8. The molecule has 100 valence electrons. The molecule has 0 saturated heterocycles. The number of anilines is 1. The van der Waals surface area contributed by atoms with Crippen molar-refractivity contribution in [2.24, 2.45) is 5.73 Å². The van der Waals surface area contributed by atoms with Gasteiger partial charge in [0.05, 0.1) is 7.11 Å². The van der Waals surface area contributed by atoms with Gasteiger partial charge in [-0.2, -0.15) is 0 Å². The molecule has 0 aliphatic carbocycles. The summed E-state index contributed by atoms with van der Waals surface area (Å²) in [6, 6.07) is 9.37. The Balaban J connectivity index is 2.48. The molecule has 0 amide bonds. The second kappa shape index (κ2) is 6.06. The number of hydrogen-bond acceptors (Lipinski definition) is 5. The van der Waals surface area contributed by atoms with Crippen LogP contribution in [0.5, 0.6) is 11.5 Å². The zero-order chi connectivity index (χ0) is 13.7. The second-order valence-corrected chi connectivity index (χ2v) is 3.94. The lowest BCUT2D eigenvalue weighted by Crippen LogP contribution is -2.11. The van der Waals surface area contributed by atoms with Gasteiger partial charge in [0.1, 0.15) is 23.9 Å². The molecule has 19 heavy (non-hydrogen) atoms. The first-order valence-corrected chi connectivity index (χ1v) is 5.98. The summed E-state index contributed by atoms with van der Waals surface area (Å²) < 4.78 is 11.0. The summed E-state index contributed by atoms with van der Waals surface area (Å²) >= 11 is 0. The first-order chi connectivity index (χ1) is 9.26. The van der Waals surface area contributed by atoms with E-state index in [0.717, 1.165) is 16.9 Å². The van der Waals surface area contributed by atoms with E-state index < -0.39 is 0 Å². The Morgan fingerprint density at radius 2 is 1.95 bits per heavy atom. The van der Waals surface area contributed by atoms with Gasteiger partial charge in [0.15, 0.2) is 0 Å². The molecule has 0 radical (unpaired) electrons. The lowest BCUT2D eigenvalue weighted by atomic mass is 10.1. The van der Waals surface area contributed by atoms with E-state index in [1.165, 1.54) is 0 Å². The fourth-order valence-electron chi connectivity index (χ4n) is 1.81. The minimum absolute atomic E-state index is 0.408. The molecule has 5 heteroatoms. The third-order valence-electron chi connectivity index (χ3n) is 2.66. The van der Waals surface area contributed by atoms with Crippen LogP contribution in [0.3, 0.4) is 0 Å². The summed E-state index contributed by atoms with van der Waals surface area (Å²) in [4.78, 5) is 4.11. The van der Waals surface area contributed by atoms with Crippen LogP contribution >= 0.6 is 0 Å². The van der Waals surface area contributed by atoms with Gasteiger partial charge in [-0.3, -0.25) is 0 Å². The number of nitrogens with two attached hydrogens (primary N) is 2. The number of ether oxygens (including phenoxy) is 2. The number of pyridine rings is 1. The Labute approximate surface area is 112 Å². The quantitative estimate of drug-likeness (QED) is 0.853. The van der Waals surface area contributed by atoms with Crippen molar-refractivity contribution < 1.29 is 9.47 Å². The first-order valence-electron chi connectivity index (χ1n) is 5.98. The summed E-state index contributed by atoms with van der Waals surface area (Å²) in [5.74, 6) is 1.82. The Bertz CT molecular complexity index is 558. The number of nitrogen functional groups attached to an aromatic ring is 1. The van der Waals surface area contributed by atoms with Crippen molar-refractivity contribution in [3.63, 3.8) is 0 Å². The Hall–Kier alpha value is -2.27. The number of aromatic nitrogens is 1. The number of hydrogen-bond donors (Lipinski definition) is 2. The molecule has 0 aliphatic heterocycles. The van der Waals surface area contributed by atoms with Gasteiger partial charge in [0.2, 0.25) is 0 Å². The number of benzene rings is 1. The van der Waals surface area contributed by atoms with Crippen molar-refractivity contribution in [2.75, 3.05) is 26.0 Å². The SMILES string of the molecule is COc1ccccc1-c1cnc(N)cc1OCCN. The molecule has 0 unspecified atom stereocenters. The molecule has 0 fully saturated rings. The minimum Gasteiger partial charge on any atom is -0.496 e. The van der Waals surface area contributed by atoms with Crippen LogP contribution in [0.1, 0.15) is 0 Å². The van der Waals surface area contributed by atoms with E-state index in [-0.39, 0.29) is 0 Å². The third-order valence-corrected chi connectivity index (χ3v) is 2.66. The molecular weight excluding hydrogens is 242 g/mol. The van der Waals surface area contributed by atoms with Crippen LogP contribution < -0.4 is 20.9 Å². The van der Waals surface area contributed by atoms with E-state index in [0.29, 0.717) is 24.7 Å². The van der Waals surface area contributed by atoms with Crippen molar-refractivity contribution in [3.8, 4) is 22.6 Å². The van der Waals surface area contributed by atoms with Crippen LogP contribution in [0, 0.1) is 0 Å². The highest BCUT2D eigenvalue weighted by molar-refractivity contribution is 5.76. The average Bonchev–Trinajstić information content (AvgIpc) is 2.45. The van der Waals surface area contributed by atoms with Gasteiger partial charge >= 0.3 is 0 Å². The zero-order valence-electron chi connectivity index (χ0n) is 10.8. The molecule has 1 heterocycles. The molecule has 0 spiro atoms. The first kappa shape index (κ1) is 13.2. The van der Waals surface area contributed by atoms with Crippen molar-refractivity contribution >= 4 is 5.82 Å². The average molecular weight is 259 g/mol. The van der Waals surface area contributed by atoms with Gasteiger partial charge in [-0.15, -0.1) is 0 Å². The predicted molar refractivity (Wildman–Crippen MR) is 75.2 cm³/mol. The van der Waals surface area contributed by atoms with Gasteiger partial charge in [0, 0.05) is 29.9 Å². The second-order valence-electron chi connectivity index (χ2n) is 3.94. The smallest absolute Gasteiger partial charge is 0.132 e. The Morgan fingerprint density at radius 1 is 1.16 bits per heavy atom. The molecule has 0 atom stereocenters. The van der Waals surface area contributed by atoms with Gasteiger partial charge in [0.25, 0.3) is 0 Å². The lowest BCUT2D eigenvalue weighted by Gasteiger charge is -2.13. The summed E-state index contributed by atoms with van der Waals surface area (Å²) in [5, 5.41) is 0. The van der Waals surface area contributed by atoms with E-state index in [9.17, 15) is 0 Å². The third kappa shape index (κ3) is 2.95. The number of para-hydroxylation sites is 1. The van der Waals surface area contributed by atoms with Crippen LogP contribution in [0.4, 0.5) is 5.82 Å². The summed E-state index contributed by atoms with van der Waals surface area (Å²) in [7, 11) is 1.63. The normalized spacial score (nSPS) is 10.2. The monoisotopic (exact) mass is 259 g/mol. The van der Waals surface area contributed by atoms with Gasteiger partial charge in [-0.25, -0.2) is 4.98 Å². The van der Waals surface area contributed by atoms with Crippen molar-refractivity contribution in [1.29, 1.82) is 0 Å². The fraction of sp³-hybridized carbons (Fsp3) is 0.214. The highest BCUT2D eigenvalue weighted by Gasteiger charge is 2.12. The largest absolute Gasteiger partial charge is 0.496 e. The topological polar surface area (TPSA) is 83.4 Å². The van der Waals surface area contributed by atoms with Gasteiger partial charge in [-0.1, -0.05) is 18.2 Å². The Kier molecular flexibility index (Phi) is 4.20. The van der Waals surface area contributed by atoms with E-state index in [2.05, 4.69) is 4.98 Å². The molecule has 5 nitrogen and oxygen atoms in total. The molecule has 2 rings (SSSR count). The molecule has 1 aromatic carbocycles. The van der Waals surface area contributed by atoms with Crippen LogP contribution in [-0.2, 0) is 0 Å². The van der Waals surface area contributed by atoms with E-state index in [1.54, 1.807) is 19.4 Å². The summed E-state index contributed by atoms with van der Waals surface area (Å²) in [5.41, 5.74) is 12.9. The molecular formula is C14H17N3O2. The minimum atomic E-state index is 0.408. The predicted octanol–water partition coefficient (Wildman–Crippen LogP) is 1.68. The molecule has 0 bridgehead atoms. The molecule has 0 saturated carbocycles. The maximum absolute atomic E-state index is 5.69. The van der Waals surface area contributed by atoms with Crippen LogP contribution in [-0.4, -0.2) is 25.2 Å². The molecule has 1 aromatic heterocycles. The van der Waals surface area contributed by atoms with Gasteiger partial charge < -0.3 is 20.9 Å². The fourth-order valence-corrected chi connectivity index (χ4v) is 1.81. The number of nitrogens with zero attached hydrogens (tertiary/aromatic N) is 1. The van der Waals surface area contributed by atoms with Crippen molar-refractivity contribution in [1.82, 2.24) is 4.98 Å². The highest BCUT2D eigenvalue weighted by Crippen LogP contribution is 2.36. The summed E-state index contributed by atoms with van der Waals surface area (Å²) in [6.07, 6.45) is 1.68. The summed E-state index contributed by atoms with van der Waals surface area (Å²) in [6.45, 7) is 0.860. The van der Waals surface area contributed by atoms with E-state index in [1.807, 2.05) is 24.3 Å². The van der Waals surface area contributed by atoms with Gasteiger partial charge in [-0.05, 0) is 6.07 Å². The van der Waals surface area contributed by atoms with Crippen molar-refractivity contribution in [3.05, 3.63) is 36.5 Å². The maximum atomic E-state index is 5.69. The molecule has 4 N–H and O–H groups in total. The lowest BCUT2D eigenvalue weighted by molar-refractivity contribution is 0.329. The molecule has 0 aliphatic rings. The highest BCUT2D eigenvalue weighted by atomic mass is 16.5. The van der Waals surface area contributed by atoms with Crippen LogP contribution in [0.2, 0.25) is 0 Å². The Morgan fingerprint density at radius 3 is 2.68 bits per heavy atom. The maximum Gasteiger partial charge on any atom is 0.132 e. The van der Waals surface area contributed by atoms with Crippen LogP contribution in [0.25, 0.3) is 11.1 Å². The number of rotatable bonds is 5. The number of methoxy groups -OCH3 is 1. The van der Waals surface area contributed by atoms with Crippen LogP contribution in [0.15, 0.2) is 36.5 Å². The van der Waals surface area contributed by atoms with E-state index in [4.69, 9.17) is 20.9 Å². The van der Waals surface area contributed by atoms with Crippen molar-refractivity contribution in [2.45, 2.75) is 0 Å². The standard InChI is InChI=1S/C14H17N3O2/c1-18-12-5-3-2-4-10(12)11-9-17-14(16)8-13(11)19-7-6-15/h2-5,8-9H,6-7,15H2,1H3,(H2,16,17).